The van der Waals surface area contributed by atoms with E-state index in [1.165, 1.54) is 0 Å². The van der Waals surface area contributed by atoms with E-state index < -0.39 is 0 Å². The summed E-state index contributed by atoms with van der Waals surface area (Å²) in [6.45, 7) is 0.742. The molecule has 0 unspecified atom stereocenters. The maximum atomic E-state index is 12.2. The largest absolute Gasteiger partial charge is 0.493 e. The van der Waals surface area contributed by atoms with Crippen LogP contribution in [0.25, 0.3) is 11.0 Å². The van der Waals surface area contributed by atoms with Crippen LogP contribution in [0.2, 0.25) is 0 Å². The minimum Gasteiger partial charge on any atom is -0.493 e. The number of anilines is 1. The zero-order valence-corrected chi connectivity index (χ0v) is 14.2. The highest BCUT2D eigenvalue weighted by atomic mass is 16.5. The van der Waals surface area contributed by atoms with Crippen LogP contribution in [0.15, 0.2) is 47.3 Å². The average molecular weight is 349 g/mol. The Bertz CT molecular complexity index is 1030. The van der Waals surface area contributed by atoms with E-state index in [2.05, 4.69) is 15.3 Å². The number of ether oxygens (including phenoxy) is 1. The number of para-hydroxylation sites is 2. The first-order valence-corrected chi connectivity index (χ1v) is 8.72. The van der Waals surface area contributed by atoms with Gasteiger partial charge in [0, 0.05) is 18.5 Å². The summed E-state index contributed by atoms with van der Waals surface area (Å²) in [4.78, 5) is 31.5. The summed E-state index contributed by atoms with van der Waals surface area (Å²) in [5.74, 6) is 0.747. The Kier molecular flexibility index (Phi) is 4.39. The third-order valence-corrected chi connectivity index (χ3v) is 4.45. The minimum absolute atomic E-state index is 0.143. The van der Waals surface area contributed by atoms with Gasteiger partial charge in [0.25, 0.3) is 5.56 Å². The van der Waals surface area contributed by atoms with Crippen molar-refractivity contribution in [1.82, 2.24) is 9.97 Å². The number of H-pyrrole nitrogens is 1. The number of rotatable bonds is 4. The summed E-state index contributed by atoms with van der Waals surface area (Å²) >= 11 is 0. The van der Waals surface area contributed by atoms with Crippen molar-refractivity contribution in [3.63, 3.8) is 0 Å². The van der Waals surface area contributed by atoms with Gasteiger partial charge in [-0.25, -0.2) is 4.98 Å². The molecule has 1 amide bonds. The van der Waals surface area contributed by atoms with Crippen molar-refractivity contribution in [1.29, 1.82) is 0 Å². The predicted octanol–water partition coefficient (Wildman–Crippen LogP) is 2.82. The molecule has 132 valence electrons. The molecule has 6 nitrogen and oxygen atoms in total. The van der Waals surface area contributed by atoms with Crippen molar-refractivity contribution in [2.24, 2.45) is 0 Å². The zero-order chi connectivity index (χ0) is 17.9. The normalized spacial score (nSPS) is 13.1. The first-order chi connectivity index (χ1) is 12.7. The Hall–Kier alpha value is -3.15. The lowest BCUT2D eigenvalue weighted by Crippen LogP contribution is -2.19. The smallest absolute Gasteiger partial charge is 0.270 e. The summed E-state index contributed by atoms with van der Waals surface area (Å²) in [7, 11) is 0. The summed E-state index contributed by atoms with van der Waals surface area (Å²) in [5, 5.41) is 2.88. The van der Waals surface area contributed by atoms with Gasteiger partial charge in [0.1, 0.15) is 11.4 Å². The number of fused-ring (bicyclic) bond motifs is 2. The number of hydrogen-bond acceptors (Lipinski definition) is 4. The Morgan fingerprint density at radius 3 is 3.04 bits per heavy atom. The van der Waals surface area contributed by atoms with Crippen LogP contribution in [-0.2, 0) is 17.6 Å². The molecule has 0 atom stereocenters. The summed E-state index contributed by atoms with van der Waals surface area (Å²) in [5.41, 5.74) is 3.40. The molecule has 6 heteroatoms. The number of hydrogen-bond donors (Lipinski definition) is 2. The molecular formula is C20H19N3O3. The molecule has 3 aromatic rings. The van der Waals surface area contributed by atoms with Crippen LogP contribution in [0.3, 0.4) is 0 Å². The maximum absolute atomic E-state index is 12.2. The van der Waals surface area contributed by atoms with E-state index in [9.17, 15) is 9.59 Å². The maximum Gasteiger partial charge on any atom is 0.270 e. The van der Waals surface area contributed by atoms with Gasteiger partial charge >= 0.3 is 0 Å². The van der Waals surface area contributed by atoms with Crippen LogP contribution in [-0.4, -0.2) is 22.5 Å². The first kappa shape index (κ1) is 16.3. The van der Waals surface area contributed by atoms with Crippen LogP contribution in [0, 0.1) is 0 Å². The van der Waals surface area contributed by atoms with Gasteiger partial charge in [-0.3, -0.25) is 9.59 Å². The number of carbonyl (C=O) groups is 1. The summed E-state index contributed by atoms with van der Waals surface area (Å²) in [6.07, 6.45) is 2.43. The van der Waals surface area contributed by atoms with E-state index in [4.69, 9.17) is 4.74 Å². The number of nitrogens with one attached hydrogen (secondary N) is 2. The topological polar surface area (TPSA) is 84.1 Å². The molecule has 1 aliphatic heterocycles. The number of aromatic nitrogens is 2. The molecule has 1 aliphatic rings. The lowest BCUT2D eigenvalue weighted by Gasteiger charge is -2.18. The number of carbonyl (C=O) groups excluding carboxylic acids is 1. The second kappa shape index (κ2) is 7.00. The highest BCUT2D eigenvalue weighted by Crippen LogP contribution is 2.27. The Labute approximate surface area is 150 Å². The lowest BCUT2D eigenvalue weighted by molar-refractivity contribution is -0.116. The highest BCUT2D eigenvalue weighted by molar-refractivity contribution is 5.91. The van der Waals surface area contributed by atoms with E-state index >= 15 is 0 Å². The second-order valence-electron chi connectivity index (χ2n) is 6.35. The van der Waals surface area contributed by atoms with Crippen molar-refractivity contribution in [3.05, 3.63) is 64.1 Å². The standard InChI is InChI=1S/C20H19N3O3/c24-19(21-14-7-9-18-13(12-14)4-3-11-26-18)10-8-17-20(25)23-16-6-2-1-5-15(16)22-17/h1-2,5-7,9,12H,3-4,8,10-11H2,(H,21,24)(H,23,25). The number of amides is 1. The molecule has 2 aromatic carbocycles. The predicted molar refractivity (Wildman–Crippen MR) is 99.6 cm³/mol. The van der Waals surface area contributed by atoms with E-state index in [0.29, 0.717) is 17.6 Å². The van der Waals surface area contributed by atoms with Crippen molar-refractivity contribution < 1.29 is 9.53 Å². The molecule has 2 N–H and O–H groups in total. The lowest BCUT2D eigenvalue weighted by atomic mass is 10.1. The van der Waals surface area contributed by atoms with Gasteiger partial charge < -0.3 is 15.0 Å². The fourth-order valence-electron chi connectivity index (χ4n) is 3.13. The molecular weight excluding hydrogens is 330 g/mol. The quantitative estimate of drug-likeness (QED) is 0.759. The Balaban J connectivity index is 1.43. The molecule has 2 heterocycles. The van der Waals surface area contributed by atoms with E-state index in [0.717, 1.165) is 42.0 Å². The van der Waals surface area contributed by atoms with E-state index in [1.54, 1.807) is 6.07 Å². The Morgan fingerprint density at radius 2 is 2.12 bits per heavy atom. The van der Waals surface area contributed by atoms with Gasteiger partial charge in [-0.1, -0.05) is 12.1 Å². The number of aromatic amines is 1. The number of nitrogens with zero attached hydrogens (tertiary/aromatic N) is 1. The van der Waals surface area contributed by atoms with Crippen LogP contribution in [0.1, 0.15) is 24.1 Å². The summed E-state index contributed by atoms with van der Waals surface area (Å²) in [6, 6.07) is 13.0. The molecule has 0 aliphatic carbocycles. The second-order valence-corrected chi connectivity index (χ2v) is 6.35. The monoisotopic (exact) mass is 349 g/mol. The molecule has 4 rings (SSSR count). The fourth-order valence-corrected chi connectivity index (χ4v) is 3.13. The van der Waals surface area contributed by atoms with Crippen LogP contribution < -0.4 is 15.6 Å². The highest BCUT2D eigenvalue weighted by Gasteiger charge is 2.12. The van der Waals surface area contributed by atoms with Gasteiger partial charge in [-0.15, -0.1) is 0 Å². The Morgan fingerprint density at radius 1 is 1.23 bits per heavy atom. The van der Waals surface area contributed by atoms with Gasteiger partial charge in [-0.2, -0.15) is 0 Å². The zero-order valence-electron chi connectivity index (χ0n) is 14.2. The van der Waals surface area contributed by atoms with Crippen LogP contribution in [0.4, 0.5) is 5.69 Å². The van der Waals surface area contributed by atoms with Gasteiger partial charge in [-0.05, 0) is 48.7 Å². The third kappa shape index (κ3) is 3.44. The summed E-state index contributed by atoms with van der Waals surface area (Å²) < 4.78 is 5.58. The molecule has 0 saturated heterocycles. The van der Waals surface area contributed by atoms with Crippen LogP contribution >= 0.6 is 0 Å². The van der Waals surface area contributed by atoms with Crippen molar-refractivity contribution >= 4 is 22.6 Å². The number of benzene rings is 2. The van der Waals surface area contributed by atoms with Crippen molar-refractivity contribution in [2.45, 2.75) is 25.7 Å². The average Bonchev–Trinajstić information content (AvgIpc) is 2.66. The molecule has 0 bridgehead atoms. The van der Waals surface area contributed by atoms with E-state index in [-0.39, 0.29) is 17.9 Å². The molecule has 26 heavy (non-hydrogen) atoms. The minimum atomic E-state index is -0.248. The molecule has 0 fully saturated rings. The van der Waals surface area contributed by atoms with Gasteiger partial charge in [0.05, 0.1) is 17.6 Å². The fraction of sp³-hybridized carbons (Fsp3) is 0.250. The van der Waals surface area contributed by atoms with E-state index in [1.807, 2.05) is 36.4 Å². The molecule has 0 spiro atoms. The SMILES string of the molecule is O=C(CCc1nc2ccccc2[nH]c1=O)Nc1ccc2c(c1)CCCO2. The van der Waals surface area contributed by atoms with Gasteiger partial charge in [0.15, 0.2) is 0 Å². The molecule has 1 aromatic heterocycles. The first-order valence-electron chi connectivity index (χ1n) is 8.72. The number of aryl methyl sites for hydroxylation is 2. The van der Waals surface area contributed by atoms with Gasteiger partial charge in [0.2, 0.25) is 5.91 Å². The molecule has 0 saturated carbocycles. The van der Waals surface area contributed by atoms with Crippen LogP contribution in [0.5, 0.6) is 5.75 Å². The third-order valence-electron chi connectivity index (χ3n) is 4.45. The van der Waals surface area contributed by atoms with Crippen molar-refractivity contribution in [3.8, 4) is 5.75 Å². The van der Waals surface area contributed by atoms with Crippen molar-refractivity contribution in [2.75, 3.05) is 11.9 Å². The molecule has 0 radical (unpaired) electrons.